The van der Waals surface area contributed by atoms with E-state index in [1.807, 2.05) is 0 Å². The summed E-state index contributed by atoms with van der Waals surface area (Å²) in [4.78, 5) is 21.6. The third-order valence-electron chi connectivity index (χ3n) is 1.61. The molecule has 5 heteroatoms. The Morgan fingerprint density at radius 2 is 2.45 bits per heavy atom. The Kier molecular flexibility index (Phi) is 2.09. The van der Waals surface area contributed by atoms with Crippen LogP contribution in [0.3, 0.4) is 0 Å². The Morgan fingerprint density at radius 3 is 2.82 bits per heavy atom. The van der Waals surface area contributed by atoms with Crippen LogP contribution in [0.2, 0.25) is 0 Å². The summed E-state index contributed by atoms with van der Waals surface area (Å²) in [5, 5.41) is 11.6. The molecule has 0 spiro atoms. The summed E-state index contributed by atoms with van der Waals surface area (Å²) in [6.45, 7) is 0. The van der Waals surface area contributed by atoms with E-state index in [2.05, 4.69) is 5.32 Å². The molecule has 0 radical (unpaired) electrons. The first-order valence-electron chi connectivity index (χ1n) is 3.37. The van der Waals surface area contributed by atoms with Crippen LogP contribution < -0.4 is 5.32 Å². The van der Waals surface area contributed by atoms with Crippen molar-refractivity contribution in [1.29, 1.82) is 0 Å². The SMILES string of the molecule is CN(O)C(=O)[C@@H]1CCC(=O)N1. The molecule has 0 aromatic heterocycles. The predicted octanol–water partition coefficient (Wildman–Crippen LogP) is -0.887. The highest BCUT2D eigenvalue weighted by Crippen LogP contribution is 2.07. The standard InChI is InChI=1S/C6H10N2O3/c1-8(11)6(10)4-2-3-5(9)7-4/h4,11H,2-3H2,1H3,(H,7,9)/t4-/m0/s1. The second-order valence-corrected chi connectivity index (χ2v) is 2.52. The molecule has 0 aliphatic carbocycles. The minimum Gasteiger partial charge on any atom is -0.344 e. The molecule has 1 saturated heterocycles. The van der Waals surface area contributed by atoms with Crippen molar-refractivity contribution >= 4 is 11.8 Å². The Balaban J connectivity index is 2.50. The van der Waals surface area contributed by atoms with Crippen LogP contribution in [-0.4, -0.2) is 35.2 Å². The van der Waals surface area contributed by atoms with Crippen LogP contribution >= 0.6 is 0 Å². The molecule has 62 valence electrons. The predicted molar refractivity (Wildman–Crippen MR) is 35.7 cm³/mol. The molecule has 2 N–H and O–H groups in total. The molecule has 0 aromatic carbocycles. The van der Waals surface area contributed by atoms with Gasteiger partial charge in [-0.25, -0.2) is 5.06 Å². The maximum absolute atomic E-state index is 11.0. The van der Waals surface area contributed by atoms with E-state index in [4.69, 9.17) is 5.21 Å². The van der Waals surface area contributed by atoms with Gasteiger partial charge in [-0.15, -0.1) is 0 Å². The number of hydrogen-bond donors (Lipinski definition) is 2. The average molecular weight is 158 g/mol. The molecule has 1 heterocycles. The van der Waals surface area contributed by atoms with Gasteiger partial charge in [0.2, 0.25) is 5.91 Å². The first-order valence-corrected chi connectivity index (χ1v) is 3.37. The number of rotatable bonds is 1. The first-order chi connectivity index (χ1) is 5.11. The van der Waals surface area contributed by atoms with E-state index in [0.29, 0.717) is 17.9 Å². The molecule has 5 nitrogen and oxygen atoms in total. The lowest BCUT2D eigenvalue weighted by atomic mass is 10.2. The van der Waals surface area contributed by atoms with Crippen molar-refractivity contribution in [3.63, 3.8) is 0 Å². The largest absolute Gasteiger partial charge is 0.344 e. The van der Waals surface area contributed by atoms with E-state index >= 15 is 0 Å². The van der Waals surface area contributed by atoms with E-state index in [-0.39, 0.29) is 5.91 Å². The van der Waals surface area contributed by atoms with Gasteiger partial charge in [0.05, 0.1) is 0 Å². The molecule has 0 saturated carbocycles. The number of carbonyl (C=O) groups excluding carboxylic acids is 2. The van der Waals surface area contributed by atoms with Gasteiger partial charge in [0.1, 0.15) is 6.04 Å². The van der Waals surface area contributed by atoms with Crippen LogP contribution in [0.15, 0.2) is 0 Å². The molecular weight excluding hydrogens is 148 g/mol. The third-order valence-corrected chi connectivity index (χ3v) is 1.61. The zero-order valence-corrected chi connectivity index (χ0v) is 6.20. The van der Waals surface area contributed by atoms with Gasteiger partial charge >= 0.3 is 0 Å². The zero-order valence-electron chi connectivity index (χ0n) is 6.20. The highest BCUT2D eigenvalue weighted by molar-refractivity contribution is 5.90. The second-order valence-electron chi connectivity index (χ2n) is 2.52. The quantitative estimate of drug-likeness (QED) is 0.384. The Hall–Kier alpha value is -1.10. The topological polar surface area (TPSA) is 69.6 Å². The van der Waals surface area contributed by atoms with Crippen LogP contribution in [0.5, 0.6) is 0 Å². The van der Waals surface area contributed by atoms with Crippen LogP contribution in [0.4, 0.5) is 0 Å². The Labute approximate surface area is 63.9 Å². The molecule has 1 aliphatic rings. The first kappa shape index (κ1) is 8.00. The Morgan fingerprint density at radius 1 is 1.82 bits per heavy atom. The molecule has 0 aromatic rings. The molecular formula is C6H10N2O3. The number of amides is 2. The number of nitrogens with zero attached hydrogens (tertiary/aromatic N) is 1. The maximum atomic E-state index is 11.0. The van der Waals surface area contributed by atoms with Crippen LogP contribution in [-0.2, 0) is 9.59 Å². The smallest absolute Gasteiger partial charge is 0.268 e. The van der Waals surface area contributed by atoms with Crippen molar-refractivity contribution in [1.82, 2.24) is 10.4 Å². The van der Waals surface area contributed by atoms with Gasteiger partial charge in [0, 0.05) is 13.5 Å². The molecule has 0 unspecified atom stereocenters. The van der Waals surface area contributed by atoms with Gasteiger partial charge in [-0.1, -0.05) is 0 Å². The van der Waals surface area contributed by atoms with Gasteiger partial charge in [-0.05, 0) is 6.42 Å². The van der Waals surface area contributed by atoms with E-state index in [1.165, 1.54) is 7.05 Å². The number of hydrogen-bond acceptors (Lipinski definition) is 3. The fourth-order valence-electron chi connectivity index (χ4n) is 1.02. The summed E-state index contributed by atoms with van der Waals surface area (Å²) in [6.07, 6.45) is 0.840. The van der Waals surface area contributed by atoms with Crippen molar-refractivity contribution in [2.75, 3.05) is 7.05 Å². The normalized spacial score (nSPS) is 23.1. The molecule has 1 rings (SSSR count). The van der Waals surface area contributed by atoms with Crippen molar-refractivity contribution in [3.05, 3.63) is 0 Å². The molecule has 11 heavy (non-hydrogen) atoms. The monoisotopic (exact) mass is 158 g/mol. The number of carbonyl (C=O) groups is 2. The van der Waals surface area contributed by atoms with Crippen LogP contribution in [0.1, 0.15) is 12.8 Å². The van der Waals surface area contributed by atoms with Crippen LogP contribution in [0.25, 0.3) is 0 Å². The summed E-state index contributed by atoms with van der Waals surface area (Å²) in [5.41, 5.74) is 0. The second kappa shape index (κ2) is 2.87. The zero-order chi connectivity index (χ0) is 8.43. The maximum Gasteiger partial charge on any atom is 0.268 e. The minimum absolute atomic E-state index is 0.134. The molecule has 1 atom stereocenters. The lowest BCUT2D eigenvalue weighted by Gasteiger charge is -2.13. The van der Waals surface area contributed by atoms with E-state index < -0.39 is 11.9 Å². The van der Waals surface area contributed by atoms with Gasteiger partial charge < -0.3 is 5.32 Å². The van der Waals surface area contributed by atoms with Crippen molar-refractivity contribution in [2.24, 2.45) is 0 Å². The highest BCUT2D eigenvalue weighted by Gasteiger charge is 2.28. The van der Waals surface area contributed by atoms with Crippen molar-refractivity contribution < 1.29 is 14.8 Å². The van der Waals surface area contributed by atoms with Crippen molar-refractivity contribution in [3.8, 4) is 0 Å². The molecule has 1 aliphatic heterocycles. The number of hydroxylamine groups is 2. The summed E-state index contributed by atoms with van der Waals surface area (Å²) in [6, 6.07) is -0.530. The van der Waals surface area contributed by atoms with Gasteiger partial charge in [0.25, 0.3) is 5.91 Å². The number of nitrogens with one attached hydrogen (secondary N) is 1. The fraction of sp³-hybridized carbons (Fsp3) is 0.667. The van der Waals surface area contributed by atoms with Crippen LogP contribution in [0, 0.1) is 0 Å². The van der Waals surface area contributed by atoms with Gasteiger partial charge in [-0.2, -0.15) is 0 Å². The van der Waals surface area contributed by atoms with E-state index in [0.717, 1.165) is 0 Å². The summed E-state index contributed by atoms with van der Waals surface area (Å²) >= 11 is 0. The van der Waals surface area contributed by atoms with Gasteiger partial charge in [-0.3, -0.25) is 14.8 Å². The fourth-order valence-corrected chi connectivity index (χ4v) is 1.02. The summed E-state index contributed by atoms with van der Waals surface area (Å²) < 4.78 is 0. The number of likely N-dealkylation sites (N-methyl/N-ethyl adjacent to an activating group) is 1. The molecule has 1 fully saturated rings. The van der Waals surface area contributed by atoms with E-state index in [9.17, 15) is 9.59 Å². The van der Waals surface area contributed by atoms with E-state index in [1.54, 1.807) is 0 Å². The molecule has 2 amide bonds. The average Bonchev–Trinajstić information content (AvgIpc) is 2.34. The summed E-state index contributed by atoms with van der Waals surface area (Å²) in [7, 11) is 1.24. The molecule has 0 bridgehead atoms. The van der Waals surface area contributed by atoms with Gasteiger partial charge in [0.15, 0.2) is 0 Å². The minimum atomic E-state index is -0.530. The Bertz CT molecular complexity index is 190. The summed E-state index contributed by atoms with van der Waals surface area (Å²) in [5.74, 6) is -0.596. The lowest BCUT2D eigenvalue weighted by Crippen LogP contribution is -2.41. The van der Waals surface area contributed by atoms with Crippen molar-refractivity contribution in [2.45, 2.75) is 18.9 Å². The third kappa shape index (κ3) is 1.68. The highest BCUT2D eigenvalue weighted by atomic mass is 16.5. The lowest BCUT2D eigenvalue weighted by molar-refractivity contribution is -0.161.